The van der Waals surface area contributed by atoms with Crippen LogP contribution < -0.4 is 0 Å². The van der Waals surface area contributed by atoms with Gasteiger partial charge in [-0.2, -0.15) is 10.5 Å². The Morgan fingerprint density at radius 1 is 0.349 bits per heavy atom. The summed E-state index contributed by atoms with van der Waals surface area (Å²) in [5, 5.41) is 31.7. The second kappa shape index (κ2) is 20.2. The molecular formula is C80H60N6. The van der Waals surface area contributed by atoms with Crippen LogP contribution in [0.15, 0.2) is 212 Å². The van der Waals surface area contributed by atoms with Gasteiger partial charge in [0.2, 0.25) is 0 Å². The van der Waals surface area contributed by atoms with Crippen molar-refractivity contribution in [2.24, 2.45) is 5.92 Å². The Morgan fingerprint density at radius 3 is 1.38 bits per heavy atom. The molecule has 0 N–H and O–H groups in total. The van der Waals surface area contributed by atoms with Crippen LogP contribution in [0.3, 0.4) is 0 Å². The second-order valence-electron chi connectivity index (χ2n) is 23.9. The van der Waals surface area contributed by atoms with Crippen molar-refractivity contribution in [3.63, 3.8) is 0 Å². The standard InChI is InChI=1S/C80H60N6/c81-49-67-77(83-69-33-17-13-29-59(69)63-45-55(37-41-73(63)83)51-21-5-1-6-22-51)78(84-70-34-18-14-30-60(70)64-46-56(38-42-74(64)84)52-23-7-2-8-24-52)68(50-82)80(86-72-36-20-16-32-62(72)66-48-58(40-44-76(66)86)54-27-11-4-12-28-54)79(67)85-71-35-19-15-31-61(71)65-47-57(39-43-75(65)85)53-25-9-3-10-26-53/h1,5-7,9,11,15-28,31-47,58H,2-4,8,10,12-14,29-30,48H2. The van der Waals surface area contributed by atoms with Crippen molar-refractivity contribution in [1.29, 1.82) is 10.5 Å². The number of rotatable bonds is 8. The van der Waals surface area contributed by atoms with Gasteiger partial charge in [-0.3, -0.25) is 0 Å². The molecule has 17 rings (SSSR count). The summed E-state index contributed by atoms with van der Waals surface area (Å²) in [6.45, 7) is 0. The van der Waals surface area contributed by atoms with E-state index in [1.165, 1.54) is 39.0 Å². The minimum Gasteiger partial charge on any atom is -0.306 e. The maximum absolute atomic E-state index is 13.0. The summed E-state index contributed by atoms with van der Waals surface area (Å²) in [6, 6.07) is 54.9. The van der Waals surface area contributed by atoms with Crippen molar-refractivity contribution in [1.82, 2.24) is 18.3 Å². The van der Waals surface area contributed by atoms with E-state index < -0.39 is 0 Å². The zero-order chi connectivity index (χ0) is 57.0. The third-order valence-corrected chi connectivity index (χ3v) is 19.2. The molecule has 7 aromatic carbocycles. The molecule has 1 unspecified atom stereocenters. The lowest BCUT2D eigenvalue weighted by atomic mass is 9.84. The molecule has 0 fully saturated rings. The Kier molecular flexibility index (Phi) is 11.8. The van der Waals surface area contributed by atoms with Crippen molar-refractivity contribution in [2.45, 2.75) is 70.6 Å². The zero-order valence-corrected chi connectivity index (χ0v) is 47.9. The lowest BCUT2D eigenvalue weighted by Gasteiger charge is -2.28. The number of fused-ring (bicyclic) bond motifs is 12. The molecule has 4 heterocycles. The number of benzene rings is 7. The van der Waals surface area contributed by atoms with Crippen LogP contribution >= 0.6 is 0 Å². The SMILES string of the molecule is N#Cc1c(-n2c3c(c4cc(C5=CCCC=C5)ccc42)CCC=C3)c(-n2c3c(c4cc(-c5ccccc5)ccc42)CCC=C3)c(C#N)c(-n2c3ccccc3c3cc(C4=CCCC=C4)ccc32)c1-n1c2c(c3ccccc31)CC(C1=CCCC=C1)C=C2. The van der Waals surface area contributed by atoms with Gasteiger partial charge < -0.3 is 18.3 Å². The largest absolute Gasteiger partial charge is 0.306 e. The van der Waals surface area contributed by atoms with Crippen molar-refractivity contribution in [2.75, 3.05) is 0 Å². The summed E-state index contributed by atoms with van der Waals surface area (Å²) < 4.78 is 9.48. The van der Waals surface area contributed by atoms with Crippen molar-refractivity contribution >= 4 is 83.9 Å². The number of nitrogens with zero attached hydrogens (tertiary/aromatic N) is 6. The van der Waals surface area contributed by atoms with Gasteiger partial charge in [0.05, 0.1) is 50.3 Å². The molecule has 0 spiro atoms. The fourth-order valence-corrected chi connectivity index (χ4v) is 15.4. The Balaban J connectivity index is 1.08. The first-order valence-corrected chi connectivity index (χ1v) is 30.9. The van der Waals surface area contributed by atoms with Crippen LogP contribution in [0.2, 0.25) is 0 Å². The summed E-state index contributed by atoms with van der Waals surface area (Å²) in [5.41, 5.74) is 23.8. The highest BCUT2D eigenvalue weighted by Gasteiger charge is 2.37. The first-order chi connectivity index (χ1) is 42.6. The molecule has 6 aliphatic carbocycles. The highest BCUT2D eigenvalue weighted by molar-refractivity contribution is 6.12. The van der Waals surface area contributed by atoms with E-state index in [0.717, 1.165) is 159 Å². The molecular weight excluding hydrogens is 1040 g/mol. The zero-order valence-electron chi connectivity index (χ0n) is 47.9. The number of allylic oxidation sites excluding steroid dienone is 15. The first kappa shape index (κ1) is 50.1. The van der Waals surface area contributed by atoms with Crippen LogP contribution in [0.4, 0.5) is 0 Å². The van der Waals surface area contributed by atoms with E-state index in [2.05, 4.69) is 255 Å². The predicted molar refractivity (Wildman–Crippen MR) is 356 cm³/mol. The maximum Gasteiger partial charge on any atom is 0.104 e. The molecule has 0 radical (unpaired) electrons. The van der Waals surface area contributed by atoms with Crippen LogP contribution in [0.25, 0.3) is 118 Å². The van der Waals surface area contributed by atoms with Gasteiger partial charge >= 0.3 is 0 Å². The molecule has 86 heavy (non-hydrogen) atoms. The van der Waals surface area contributed by atoms with Gasteiger partial charge in [0.25, 0.3) is 0 Å². The van der Waals surface area contributed by atoms with Gasteiger partial charge in [0, 0.05) is 49.9 Å². The summed E-state index contributed by atoms with van der Waals surface area (Å²) in [7, 11) is 0. The summed E-state index contributed by atoms with van der Waals surface area (Å²) in [4.78, 5) is 0. The number of para-hydroxylation sites is 2. The Hall–Kier alpha value is -10.4. The third-order valence-electron chi connectivity index (χ3n) is 19.2. The lowest BCUT2D eigenvalue weighted by molar-refractivity contribution is 0.750. The fraction of sp³-hybridized carbons (Fsp3) is 0.150. The predicted octanol–water partition coefficient (Wildman–Crippen LogP) is 19.9. The lowest BCUT2D eigenvalue weighted by Crippen LogP contribution is -2.19. The number of nitriles is 2. The third kappa shape index (κ3) is 7.62. The van der Waals surface area contributed by atoms with Crippen LogP contribution in [0, 0.1) is 28.6 Å². The summed E-state index contributed by atoms with van der Waals surface area (Å²) in [6.07, 6.45) is 45.1. The Bertz CT molecular complexity index is 5150. The molecule has 4 aromatic heterocycles. The van der Waals surface area contributed by atoms with Crippen LogP contribution in [-0.2, 0) is 19.3 Å². The molecule has 6 nitrogen and oxygen atoms in total. The van der Waals surface area contributed by atoms with Crippen LogP contribution in [0.1, 0.15) is 107 Å². The highest BCUT2D eigenvalue weighted by Crippen LogP contribution is 2.51. The maximum atomic E-state index is 13.0. The van der Waals surface area contributed by atoms with E-state index in [1.54, 1.807) is 0 Å². The average Bonchev–Trinajstić information content (AvgIpc) is 1.73. The van der Waals surface area contributed by atoms with E-state index in [-0.39, 0.29) is 5.92 Å². The molecule has 6 aliphatic rings. The van der Waals surface area contributed by atoms with E-state index >= 15 is 0 Å². The van der Waals surface area contributed by atoms with E-state index in [1.807, 2.05) is 0 Å². The molecule has 0 saturated carbocycles. The first-order valence-electron chi connectivity index (χ1n) is 30.9. The molecule has 6 heteroatoms. The van der Waals surface area contributed by atoms with E-state index in [0.29, 0.717) is 33.9 Å². The van der Waals surface area contributed by atoms with E-state index in [4.69, 9.17) is 0 Å². The monoisotopic (exact) mass is 1100 g/mol. The number of hydrogen-bond donors (Lipinski definition) is 0. The Morgan fingerprint density at radius 2 is 0.814 bits per heavy atom. The molecule has 0 amide bonds. The van der Waals surface area contributed by atoms with Crippen LogP contribution in [-0.4, -0.2) is 18.3 Å². The quantitative estimate of drug-likeness (QED) is 0.152. The van der Waals surface area contributed by atoms with E-state index in [9.17, 15) is 10.5 Å². The fourth-order valence-electron chi connectivity index (χ4n) is 15.4. The minimum atomic E-state index is 0.194. The molecule has 1 atom stereocenters. The van der Waals surface area contributed by atoms with Gasteiger partial charge in [-0.1, -0.05) is 158 Å². The molecule has 410 valence electrons. The highest BCUT2D eigenvalue weighted by atomic mass is 15.1. The topological polar surface area (TPSA) is 67.3 Å². The van der Waals surface area contributed by atoms with Gasteiger partial charge in [-0.05, 0) is 193 Å². The molecule has 0 bridgehead atoms. The van der Waals surface area contributed by atoms with Gasteiger partial charge in [-0.25, -0.2) is 0 Å². The second-order valence-corrected chi connectivity index (χ2v) is 23.9. The van der Waals surface area contributed by atoms with Crippen LogP contribution in [0.5, 0.6) is 0 Å². The minimum absolute atomic E-state index is 0.194. The average molecular weight is 1110 g/mol. The molecule has 0 aliphatic heterocycles. The van der Waals surface area contributed by atoms with Gasteiger partial charge in [-0.15, -0.1) is 0 Å². The summed E-state index contributed by atoms with van der Waals surface area (Å²) in [5.74, 6) is 0.194. The normalized spacial score (nSPS) is 16.8. The van der Waals surface area contributed by atoms with Crippen molar-refractivity contribution in [3.8, 4) is 46.0 Å². The van der Waals surface area contributed by atoms with Crippen molar-refractivity contribution in [3.05, 3.63) is 268 Å². The number of hydrogen-bond acceptors (Lipinski definition) is 2. The number of aromatic nitrogens is 4. The summed E-state index contributed by atoms with van der Waals surface area (Å²) >= 11 is 0. The smallest absolute Gasteiger partial charge is 0.104 e. The Labute approximate surface area is 500 Å². The molecule has 0 saturated heterocycles. The number of aryl methyl sites for hydroxylation is 2. The molecule has 11 aromatic rings. The van der Waals surface area contributed by atoms with Gasteiger partial charge in [0.15, 0.2) is 0 Å². The van der Waals surface area contributed by atoms with Crippen molar-refractivity contribution < 1.29 is 0 Å². The van der Waals surface area contributed by atoms with Gasteiger partial charge in [0.1, 0.15) is 23.3 Å².